The number of rotatable bonds is 4. The van der Waals surface area contributed by atoms with E-state index in [1.807, 2.05) is 32.0 Å². The number of benzene rings is 1. The first-order chi connectivity index (χ1) is 8.42. The van der Waals surface area contributed by atoms with Crippen LogP contribution in [0.15, 0.2) is 30.3 Å². The van der Waals surface area contributed by atoms with Crippen LogP contribution < -0.4 is 11.1 Å². The molecule has 0 heterocycles. The lowest BCUT2D eigenvalue weighted by Crippen LogP contribution is -2.52. The molecule has 18 heavy (non-hydrogen) atoms. The van der Waals surface area contributed by atoms with Gasteiger partial charge in [-0.3, -0.25) is 4.79 Å². The standard InChI is InChI=1S/C14H18N2OS/c1-14(2,13(15)18)16-12(17)11-8-10(11)9-6-4-3-5-7-9/h3-7,10-11H,8H2,1-2H3,(H2,15,18)(H,16,17). The summed E-state index contributed by atoms with van der Waals surface area (Å²) in [6.07, 6.45) is 0.906. The highest BCUT2D eigenvalue weighted by molar-refractivity contribution is 7.80. The molecule has 4 heteroatoms. The normalized spacial score (nSPS) is 22.3. The Balaban J connectivity index is 1.96. The van der Waals surface area contributed by atoms with Gasteiger partial charge in [0.05, 0.1) is 10.5 Å². The van der Waals surface area contributed by atoms with Crippen molar-refractivity contribution in [3.63, 3.8) is 0 Å². The van der Waals surface area contributed by atoms with Crippen molar-refractivity contribution in [2.75, 3.05) is 0 Å². The van der Waals surface area contributed by atoms with E-state index in [1.54, 1.807) is 0 Å². The number of thiocarbonyl (C=S) groups is 1. The number of hydrogen-bond donors (Lipinski definition) is 2. The first-order valence-electron chi connectivity index (χ1n) is 6.08. The molecule has 2 unspecified atom stereocenters. The third-order valence-corrected chi connectivity index (χ3v) is 3.92. The number of carbonyl (C=O) groups is 1. The van der Waals surface area contributed by atoms with E-state index in [0.29, 0.717) is 10.9 Å². The van der Waals surface area contributed by atoms with E-state index < -0.39 is 5.54 Å². The Kier molecular flexibility index (Phi) is 3.39. The maximum Gasteiger partial charge on any atom is 0.224 e. The van der Waals surface area contributed by atoms with Gasteiger partial charge in [-0.2, -0.15) is 0 Å². The summed E-state index contributed by atoms with van der Waals surface area (Å²) in [5.74, 6) is 0.441. The Labute approximate surface area is 113 Å². The van der Waals surface area contributed by atoms with Crippen molar-refractivity contribution in [2.24, 2.45) is 11.7 Å². The lowest BCUT2D eigenvalue weighted by molar-refractivity contribution is -0.123. The zero-order valence-electron chi connectivity index (χ0n) is 10.6. The molecular weight excluding hydrogens is 244 g/mol. The van der Waals surface area contributed by atoms with Crippen LogP contribution in [0.25, 0.3) is 0 Å². The molecule has 0 aromatic heterocycles. The highest BCUT2D eigenvalue weighted by atomic mass is 32.1. The van der Waals surface area contributed by atoms with Gasteiger partial charge in [-0.25, -0.2) is 0 Å². The van der Waals surface area contributed by atoms with Crippen molar-refractivity contribution in [2.45, 2.75) is 31.7 Å². The average Bonchev–Trinajstić information content (AvgIpc) is 3.09. The zero-order valence-corrected chi connectivity index (χ0v) is 11.5. The van der Waals surface area contributed by atoms with E-state index in [1.165, 1.54) is 5.56 Å². The molecule has 1 aromatic rings. The van der Waals surface area contributed by atoms with Gasteiger partial charge in [0.25, 0.3) is 0 Å². The maximum atomic E-state index is 12.1. The molecule has 3 N–H and O–H groups in total. The number of carbonyl (C=O) groups excluding carboxylic acids is 1. The van der Waals surface area contributed by atoms with Gasteiger partial charge >= 0.3 is 0 Å². The number of nitrogens with one attached hydrogen (secondary N) is 1. The van der Waals surface area contributed by atoms with Crippen molar-refractivity contribution in [3.8, 4) is 0 Å². The monoisotopic (exact) mass is 262 g/mol. The third-order valence-electron chi connectivity index (χ3n) is 3.41. The summed E-state index contributed by atoms with van der Waals surface area (Å²) in [5.41, 5.74) is 6.21. The fraction of sp³-hybridized carbons (Fsp3) is 0.429. The second-order valence-corrected chi connectivity index (χ2v) is 5.78. The lowest BCUT2D eigenvalue weighted by atomic mass is 10.0. The van der Waals surface area contributed by atoms with Gasteiger partial charge in [0.15, 0.2) is 0 Å². The van der Waals surface area contributed by atoms with Gasteiger partial charge in [0.2, 0.25) is 5.91 Å². The van der Waals surface area contributed by atoms with Gasteiger partial charge < -0.3 is 11.1 Å². The lowest BCUT2D eigenvalue weighted by Gasteiger charge is -2.24. The SMILES string of the molecule is CC(C)(NC(=O)C1CC1c1ccccc1)C(N)=S. The number of nitrogens with two attached hydrogens (primary N) is 1. The predicted octanol–water partition coefficient (Wildman–Crippen LogP) is 1.97. The second kappa shape index (κ2) is 4.69. The molecule has 2 atom stereocenters. The van der Waals surface area contributed by atoms with Crippen LogP contribution in [0.2, 0.25) is 0 Å². The summed E-state index contributed by atoms with van der Waals surface area (Å²) in [4.78, 5) is 12.4. The topological polar surface area (TPSA) is 55.1 Å². The summed E-state index contributed by atoms with van der Waals surface area (Å²) < 4.78 is 0. The quantitative estimate of drug-likeness (QED) is 0.816. The van der Waals surface area contributed by atoms with Crippen LogP contribution in [-0.4, -0.2) is 16.4 Å². The fourth-order valence-corrected chi connectivity index (χ4v) is 2.07. The molecule has 0 radical (unpaired) electrons. The van der Waals surface area contributed by atoms with E-state index in [2.05, 4.69) is 17.4 Å². The summed E-state index contributed by atoms with van der Waals surface area (Å²) in [5, 5.41) is 2.91. The van der Waals surface area contributed by atoms with Gasteiger partial charge in [-0.1, -0.05) is 42.5 Å². The van der Waals surface area contributed by atoms with Crippen molar-refractivity contribution in [1.82, 2.24) is 5.32 Å². The van der Waals surface area contributed by atoms with Crippen LogP contribution in [0.1, 0.15) is 31.7 Å². The second-order valence-electron chi connectivity index (χ2n) is 5.34. The van der Waals surface area contributed by atoms with Crippen LogP contribution in [0.3, 0.4) is 0 Å². The van der Waals surface area contributed by atoms with E-state index in [4.69, 9.17) is 18.0 Å². The van der Waals surface area contributed by atoms with E-state index >= 15 is 0 Å². The molecule has 2 rings (SSSR count). The fourth-order valence-electron chi connectivity index (χ4n) is 2.02. The van der Waals surface area contributed by atoms with Crippen LogP contribution in [0, 0.1) is 5.92 Å². The van der Waals surface area contributed by atoms with Gasteiger partial charge in [0.1, 0.15) is 0 Å². The Morgan fingerprint density at radius 1 is 1.39 bits per heavy atom. The summed E-state index contributed by atoms with van der Waals surface area (Å²) in [6.45, 7) is 3.65. The summed E-state index contributed by atoms with van der Waals surface area (Å²) >= 11 is 4.94. The molecule has 1 aliphatic rings. The van der Waals surface area contributed by atoms with Crippen molar-refractivity contribution < 1.29 is 4.79 Å². The molecule has 0 bridgehead atoms. The minimum absolute atomic E-state index is 0.0432. The molecule has 0 spiro atoms. The minimum atomic E-state index is -0.615. The van der Waals surface area contributed by atoms with E-state index in [0.717, 1.165) is 6.42 Å². The van der Waals surface area contributed by atoms with Crippen LogP contribution in [0.5, 0.6) is 0 Å². The van der Waals surface area contributed by atoms with E-state index in [9.17, 15) is 4.79 Å². The summed E-state index contributed by atoms with van der Waals surface area (Å²) in [7, 11) is 0. The Morgan fingerprint density at radius 2 is 2.00 bits per heavy atom. The van der Waals surface area contributed by atoms with Crippen LogP contribution in [-0.2, 0) is 4.79 Å². The van der Waals surface area contributed by atoms with Gasteiger partial charge in [0, 0.05) is 5.92 Å². The Bertz CT molecular complexity index is 470. The van der Waals surface area contributed by atoms with Gasteiger partial charge in [-0.15, -0.1) is 0 Å². The first-order valence-corrected chi connectivity index (χ1v) is 6.49. The van der Waals surface area contributed by atoms with Crippen molar-refractivity contribution in [1.29, 1.82) is 0 Å². The molecule has 1 fully saturated rings. The highest BCUT2D eigenvalue weighted by Gasteiger charge is 2.45. The molecule has 1 saturated carbocycles. The zero-order chi connectivity index (χ0) is 13.3. The van der Waals surface area contributed by atoms with Gasteiger partial charge in [-0.05, 0) is 31.7 Å². The van der Waals surface area contributed by atoms with E-state index in [-0.39, 0.29) is 11.8 Å². The number of hydrogen-bond acceptors (Lipinski definition) is 2. The summed E-state index contributed by atoms with van der Waals surface area (Å²) in [6, 6.07) is 10.1. The Hall–Kier alpha value is -1.42. The number of amides is 1. The minimum Gasteiger partial charge on any atom is -0.391 e. The molecule has 3 nitrogen and oxygen atoms in total. The molecule has 1 aromatic carbocycles. The molecule has 1 amide bonds. The van der Waals surface area contributed by atoms with Crippen molar-refractivity contribution >= 4 is 23.1 Å². The molecule has 0 saturated heterocycles. The largest absolute Gasteiger partial charge is 0.391 e. The predicted molar refractivity (Wildman–Crippen MR) is 76.3 cm³/mol. The first kappa shape index (κ1) is 13.0. The molecular formula is C14H18N2OS. The maximum absolute atomic E-state index is 12.1. The average molecular weight is 262 g/mol. The van der Waals surface area contributed by atoms with Crippen molar-refractivity contribution in [3.05, 3.63) is 35.9 Å². The third kappa shape index (κ3) is 2.70. The molecule has 1 aliphatic carbocycles. The Morgan fingerprint density at radius 3 is 2.56 bits per heavy atom. The van der Waals surface area contributed by atoms with Crippen LogP contribution in [0.4, 0.5) is 0 Å². The van der Waals surface area contributed by atoms with Crippen LogP contribution >= 0.6 is 12.2 Å². The molecule has 96 valence electrons. The highest BCUT2D eigenvalue weighted by Crippen LogP contribution is 2.47. The molecule has 0 aliphatic heterocycles. The smallest absolute Gasteiger partial charge is 0.224 e.